The number of para-hydroxylation sites is 6. The molecular formula is C102H80BN5O. The second-order valence-corrected chi connectivity index (χ2v) is 31.7. The minimum atomic E-state index is -0.889. The minimum Gasteiger partial charge on any atom is -0.452 e. The highest BCUT2D eigenvalue weighted by Gasteiger charge is 2.46. The number of fused-ring (bicyclic) bond motifs is 16. The van der Waals surface area contributed by atoms with Crippen molar-refractivity contribution in [3.8, 4) is 50.4 Å². The molecule has 6 heterocycles. The van der Waals surface area contributed by atoms with E-state index in [-0.39, 0.29) is 88.1 Å². The van der Waals surface area contributed by atoms with Gasteiger partial charge in [-0.15, -0.1) is 0 Å². The third-order valence-corrected chi connectivity index (χ3v) is 22.2. The van der Waals surface area contributed by atoms with Crippen LogP contribution in [0.3, 0.4) is 0 Å². The maximum Gasteiger partial charge on any atom is 0.252 e. The quantitative estimate of drug-likeness (QED) is 0.142. The van der Waals surface area contributed by atoms with Crippen molar-refractivity contribution in [2.75, 3.05) is 9.80 Å². The predicted molar refractivity (Wildman–Crippen MR) is 463 cm³/mol. The van der Waals surface area contributed by atoms with E-state index >= 15 is 0 Å². The van der Waals surface area contributed by atoms with Crippen LogP contribution >= 0.6 is 0 Å². The fourth-order valence-electron chi connectivity index (χ4n) is 17.0. The maximum atomic E-state index is 10.2. The molecule has 522 valence electrons. The highest BCUT2D eigenvalue weighted by atomic mass is 16.3. The molecule has 0 saturated heterocycles. The minimum absolute atomic E-state index is 0.0819. The fraction of sp³-hybridized carbons (Fsp3) is 0.118. The molecule has 0 spiro atoms. The lowest BCUT2D eigenvalue weighted by molar-refractivity contribution is 0.590. The predicted octanol–water partition coefficient (Wildman–Crippen LogP) is 25.9. The van der Waals surface area contributed by atoms with Crippen LogP contribution in [0.2, 0.25) is 0 Å². The Bertz CT molecular complexity index is 8030. The molecule has 0 fully saturated rings. The highest BCUT2D eigenvalue weighted by molar-refractivity contribution is 7.00. The second kappa shape index (κ2) is 23.8. The van der Waals surface area contributed by atoms with Crippen LogP contribution in [0.25, 0.3) is 138 Å². The van der Waals surface area contributed by atoms with Gasteiger partial charge in [-0.1, -0.05) is 280 Å². The van der Waals surface area contributed by atoms with Crippen molar-refractivity contribution in [1.29, 1.82) is 0 Å². The SMILES string of the molecule is [2H]c1c([2H])c([2H])c(-c2ccc3c(c2)N(c2c(-c4ccccc4)cc(C(C)(C)C)cc2-c2ccccc2)c2cc(-n4c5c([2H])c([2H])c([2H])c([2H])c5c5c([2H])c([2H])c([2H])c([2H])c54)cc4c2B3c2ccc(-n3c5ccc(C(C)(C)C)cc5c5cc(C(C)(C)C)ccc53)cc2N4c2cccc3c2oc2c(-n4c5c([2H])c([2H])c([2H])c([2H])c5c5c([2H])c([2H])c([2H])c([2H])c54)cccc23)c([2H])c1[2H]. The molecule has 0 aliphatic carbocycles. The van der Waals surface area contributed by atoms with E-state index in [4.69, 9.17) is 8.53 Å². The summed E-state index contributed by atoms with van der Waals surface area (Å²) in [6.07, 6.45) is 0. The Hall–Kier alpha value is -12.8. The molecule has 0 atom stereocenters. The molecule has 0 saturated carbocycles. The van der Waals surface area contributed by atoms with Crippen LogP contribution in [0.5, 0.6) is 0 Å². The van der Waals surface area contributed by atoms with E-state index in [9.17, 15) is 24.7 Å². The van der Waals surface area contributed by atoms with E-state index in [1.165, 1.54) is 9.13 Å². The first-order chi connectivity index (χ1) is 61.7. The molecule has 0 bridgehead atoms. The molecule has 7 heteroatoms. The number of hydrogen-bond acceptors (Lipinski definition) is 3. The van der Waals surface area contributed by atoms with Gasteiger partial charge in [-0.3, -0.25) is 0 Å². The van der Waals surface area contributed by atoms with Gasteiger partial charge in [-0.05, 0) is 175 Å². The molecule has 4 aromatic heterocycles. The number of nitrogens with zero attached hydrogens (tertiary/aromatic N) is 5. The third kappa shape index (κ3) is 9.88. The largest absolute Gasteiger partial charge is 0.452 e. The topological polar surface area (TPSA) is 34.4 Å². The van der Waals surface area contributed by atoms with E-state index in [1.54, 1.807) is 18.2 Å². The lowest BCUT2D eigenvalue weighted by Gasteiger charge is -2.45. The van der Waals surface area contributed by atoms with Gasteiger partial charge in [0.15, 0.2) is 11.2 Å². The Kier molecular flexibility index (Phi) is 10.1. The zero-order chi connectivity index (χ0) is 91.8. The zero-order valence-corrected chi connectivity index (χ0v) is 61.2. The van der Waals surface area contributed by atoms with Crippen molar-refractivity contribution in [1.82, 2.24) is 13.7 Å². The number of aromatic nitrogens is 3. The van der Waals surface area contributed by atoms with Crippen LogP contribution in [-0.2, 0) is 16.2 Å². The number of furan rings is 1. The monoisotopic (exact) mass is 1420 g/mol. The summed E-state index contributed by atoms with van der Waals surface area (Å²) in [5.41, 5.74) is 12.5. The smallest absolute Gasteiger partial charge is 0.252 e. The van der Waals surface area contributed by atoms with Gasteiger partial charge in [0.05, 0.1) is 84.6 Å². The Labute approximate surface area is 665 Å². The van der Waals surface area contributed by atoms with Gasteiger partial charge in [0.2, 0.25) is 0 Å². The molecule has 19 aromatic rings. The van der Waals surface area contributed by atoms with Crippen LogP contribution in [-0.4, -0.2) is 20.4 Å². The van der Waals surface area contributed by atoms with Crippen LogP contribution in [0.4, 0.5) is 34.1 Å². The first kappa shape index (κ1) is 46.3. The first-order valence-electron chi connectivity index (χ1n) is 47.2. The van der Waals surface area contributed by atoms with Crippen LogP contribution in [0, 0.1) is 0 Å². The Morgan fingerprint density at radius 2 is 0.725 bits per heavy atom. The molecule has 109 heavy (non-hydrogen) atoms. The molecule has 0 amide bonds. The van der Waals surface area contributed by atoms with Crippen molar-refractivity contribution in [2.45, 2.75) is 78.6 Å². The molecule has 0 N–H and O–H groups in total. The Morgan fingerprint density at radius 3 is 1.25 bits per heavy atom. The summed E-state index contributed by atoms with van der Waals surface area (Å²) in [7, 11) is 0. The molecule has 0 unspecified atom stereocenters. The van der Waals surface area contributed by atoms with Gasteiger partial charge >= 0.3 is 0 Å². The summed E-state index contributed by atoms with van der Waals surface area (Å²) in [6.45, 7) is 18.6. The van der Waals surface area contributed by atoms with Gasteiger partial charge in [0.25, 0.3) is 6.71 Å². The van der Waals surface area contributed by atoms with Crippen LogP contribution in [0.15, 0.2) is 325 Å². The molecule has 6 nitrogen and oxygen atoms in total. The first-order valence-corrected chi connectivity index (χ1v) is 36.7. The number of hydrogen-bond donors (Lipinski definition) is 0. The Morgan fingerprint density at radius 1 is 0.284 bits per heavy atom. The fourth-order valence-corrected chi connectivity index (χ4v) is 17.0. The van der Waals surface area contributed by atoms with Gasteiger partial charge in [0, 0.05) is 82.7 Å². The third-order valence-electron chi connectivity index (χ3n) is 22.2. The summed E-state index contributed by atoms with van der Waals surface area (Å²) in [5.74, 6) is 0. The van der Waals surface area contributed by atoms with Crippen molar-refractivity contribution >= 4 is 145 Å². The second-order valence-electron chi connectivity index (χ2n) is 31.7. The molecular weight excluding hydrogens is 1320 g/mol. The van der Waals surface area contributed by atoms with Gasteiger partial charge in [-0.25, -0.2) is 0 Å². The van der Waals surface area contributed by atoms with Crippen molar-refractivity contribution in [3.63, 3.8) is 0 Å². The van der Waals surface area contributed by atoms with E-state index in [1.807, 2.05) is 109 Å². The van der Waals surface area contributed by atoms with Gasteiger partial charge in [0.1, 0.15) is 0 Å². The van der Waals surface area contributed by atoms with Crippen molar-refractivity contribution in [3.05, 3.63) is 338 Å². The van der Waals surface area contributed by atoms with Gasteiger partial charge in [-0.2, -0.15) is 0 Å². The summed E-state index contributed by atoms with van der Waals surface area (Å²) in [5, 5.41) is 2.34. The molecule has 21 rings (SSSR count). The number of rotatable bonds is 8. The summed E-state index contributed by atoms with van der Waals surface area (Å²) >= 11 is 0. The summed E-state index contributed by atoms with van der Waals surface area (Å²) in [6, 6.07) is 52.0. The van der Waals surface area contributed by atoms with Crippen molar-refractivity contribution in [2.24, 2.45) is 0 Å². The molecule has 2 aliphatic rings. The summed E-state index contributed by atoms with van der Waals surface area (Å²) in [4.78, 5) is 4.21. The number of benzene rings is 15. The van der Waals surface area contributed by atoms with E-state index in [0.717, 1.165) is 49.6 Å². The van der Waals surface area contributed by atoms with Crippen molar-refractivity contribution < 1.29 is 33.2 Å². The molecule has 0 radical (unpaired) electrons. The molecule has 15 aromatic carbocycles. The van der Waals surface area contributed by atoms with E-state index < -0.39 is 139 Å². The molecule has 2 aliphatic heterocycles. The normalized spacial score (nSPS) is 15.8. The van der Waals surface area contributed by atoms with E-state index in [0.29, 0.717) is 78.1 Å². The average Bonchev–Trinajstić information content (AvgIpc) is 1.28. The number of anilines is 6. The highest BCUT2D eigenvalue weighted by Crippen LogP contribution is 2.55. The Balaban J connectivity index is 0.985. The van der Waals surface area contributed by atoms with Crippen LogP contribution in [0.1, 0.15) is 108 Å². The lowest BCUT2D eigenvalue weighted by Crippen LogP contribution is -2.61. The lowest BCUT2D eigenvalue weighted by atomic mass is 9.33. The zero-order valence-electron chi connectivity index (χ0n) is 82.2. The standard InChI is InChI=1S/C102H80BN5O/c1-100(2,3)67-48-53-88-80(56-67)81-57-68(101(4,5)6)49-54-89(81)104(88)70-50-52-83-93(60-70)107(91-46-28-40-77-76-39-27-45-90(98(76)109-99(77)91)106-86-43-25-21-37-74(86)75-38-22-26-44-87(75)106)94-61-71(105-84-41-23-19-35-72(84)73-36-20-24-42-85(73)105)62-95-96(94)103(83)82-51-47-66(63-29-13-10-14-30-63)55-92(82)108(95)97-78(64-31-15-11-16-32-64)58-69(102(7,8)9)59-79(97)65-33-17-12-18-34-65/h10-62H,1-9H3/i10D,13D,14D,19D,20D,21D,22D,23D,24D,25D,26D,29D,30D,35D,36D,37D,38D,41D,42D,43D,44D. The van der Waals surface area contributed by atoms with Crippen LogP contribution < -0.4 is 26.2 Å². The average molecular weight is 1420 g/mol. The van der Waals surface area contributed by atoms with E-state index in [2.05, 4.69) is 143 Å². The maximum absolute atomic E-state index is 10.2. The summed E-state index contributed by atoms with van der Waals surface area (Å²) < 4.78 is 213. The van der Waals surface area contributed by atoms with Gasteiger partial charge < -0.3 is 27.9 Å².